The van der Waals surface area contributed by atoms with Gasteiger partial charge in [0.05, 0.1) is 11.3 Å². The lowest BCUT2D eigenvalue weighted by atomic mass is 9.96. The van der Waals surface area contributed by atoms with Gasteiger partial charge < -0.3 is 15.5 Å². The topological polar surface area (TPSA) is 57.3 Å². The molecule has 1 saturated carbocycles. The average molecular weight is 427 g/mol. The number of hydrogen-bond acceptors (Lipinski definition) is 4. The molecular formula is C24H28F2N4O. The van der Waals surface area contributed by atoms with Crippen molar-refractivity contribution < 1.29 is 13.6 Å². The molecule has 31 heavy (non-hydrogen) atoms. The van der Waals surface area contributed by atoms with E-state index in [2.05, 4.69) is 27.4 Å². The molecule has 2 aromatic rings. The maximum Gasteiger partial charge on any atom is 0.255 e. The third-order valence-electron chi connectivity index (χ3n) is 7.12. The molecule has 5 nitrogen and oxygen atoms in total. The van der Waals surface area contributed by atoms with Gasteiger partial charge in [0, 0.05) is 49.2 Å². The molecule has 1 spiro atoms. The van der Waals surface area contributed by atoms with Crippen LogP contribution in [0.4, 0.5) is 14.5 Å². The maximum atomic E-state index is 14.0. The number of nitrogens with one attached hydrogen (secondary N) is 2. The first-order chi connectivity index (χ1) is 14.9. The van der Waals surface area contributed by atoms with Crippen LogP contribution in [0, 0.1) is 17.0 Å². The van der Waals surface area contributed by atoms with Crippen molar-refractivity contribution in [3.63, 3.8) is 0 Å². The Kier molecular flexibility index (Phi) is 4.96. The Hall–Kier alpha value is -2.54. The highest BCUT2D eigenvalue weighted by Gasteiger charge is 2.42. The molecule has 1 aromatic heterocycles. The highest BCUT2D eigenvalue weighted by atomic mass is 19.1. The Morgan fingerprint density at radius 3 is 2.61 bits per heavy atom. The van der Waals surface area contributed by atoms with Gasteiger partial charge in [0.2, 0.25) is 0 Å². The van der Waals surface area contributed by atoms with E-state index in [0.29, 0.717) is 28.9 Å². The van der Waals surface area contributed by atoms with Crippen LogP contribution in [0.25, 0.3) is 11.1 Å². The van der Waals surface area contributed by atoms with E-state index in [4.69, 9.17) is 0 Å². The average Bonchev–Trinajstić information content (AvgIpc) is 3.14. The van der Waals surface area contributed by atoms with E-state index >= 15 is 0 Å². The lowest BCUT2D eigenvalue weighted by Gasteiger charge is -2.28. The molecule has 1 aliphatic carbocycles. The highest BCUT2D eigenvalue weighted by Crippen LogP contribution is 2.44. The predicted octanol–water partition coefficient (Wildman–Crippen LogP) is 3.89. The molecule has 3 heterocycles. The molecule has 2 saturated heterocycles. The molecule has 0 radical (unpaired) electrons. The molecule has 164 valence electrons. The minimum absolute atomic E-state index is 0.0446. The number of aromatic nitrogens is 1. The summed E-state index contributed by atoms with van der Waals surface area (Å²) in [6.45, 7) is 5.32. The van der Waals surface area contributed by atoms with Crippen molar-refractivity contribution in [1.29, 1.82) is 0 Å². The van der Waals surface area contributed by atoms with Gasteiger partial charge in [-0.05, 0) is 61.8 Å². The van der Waals surface area contributed by atoms with Crippen LogP contribution in [0.5, 0.6) is 0 Å². The lowest BCUT2D eigenvalue weighted by molar-refractivity contribution is 0.0946. The van der Waals surface area contributed by atoms with Crippen LogP contribution in [0.3, 0.4) is 0 Å². The minimum Gasteiger partial charge on any atom is -0.368 e. The number of amides is 1. The smallest absolute Gasteiger partial charge is 0.255 e. The molecule has 1 atom stereocenters. The van der Waals surface area contributed by atoms with Gasteiger partial charge in [-0.1, -0.05) is 6.92 Å². The number of carbonyl (C=O) groups is 1. The number of hydrogen-bond donors (Lipinski definition) is 2. The normalized spacial score (nSPS) is 24.0. The van der Waals surface area contributed by atoms with E-state index < -0.39 is 11.6 Å². The summed E-state index contributed by atoms with van der Waals surface area (Å²) >= 11 is 0. The number of nitrogens with zero attached hydrogens (tertiary/aromatic N) is 2. The van der Waals surface area contributed by atoms with Crippen molar-refractivity contribution in [1.82, 2.24) is 15.6 Å². The third kappa shape index (κ3) is 4.03. The molecule has 1 unspecified atom stereocenters. The van der Waals surface area contributed by atoms with Gasteiger partial charge >= 0.3 is 0 Å². The zero-order valence-electron chi connectivity index (χ0n) is 17.8. The van der Waals surface area contributed by atoms with Crippen molar-refractivity contribution in [2.24, 2.45) is 5.41 Å². The second-order valence-electron chi connectivity index (χ2n) is 9.72. The summed E-state index contributed by atoms with van der Waals surface area (Å²) in [6.07, 6.45) is 8.62. The third-order valence-corrected chi connectivity index (χ3v) is 7.12. The molecule has 2 N–H and O–H groups in total. The molecule has 7 heteroatoms. The van der Waals surface area contributed by atoms with E-state index in [-0.39, 0.29) is 16.9 Å². The predicted molar refractivity (Wildman–Crippen MR) is 116 cm³/mol. The van der Waals surface area contributed by atoms with Gasteiger partial charge in [-0.3, -0.25) is 9.78 Å². The first-order valence-corrected chi connectivity index (χ1v) is 11.1. The fourth-order valence-corrected chi connectivity index (χ4v) is 4.94. The fourth-order valence-electron chi connectivity index (χ4n) is 4.94. The summed E-state index contributed by atoms with van der Waals surface area (Å²) in [4.78, 5) is 19.6. The van der Waals surface area contributed by atoms with Crippen LogP contribution in [-0.2, 0) is 0 Å². The van der Waals surface area contributed by atoms with Crippen molar-refractivity contribution in [2.45, 2.75) is 44.6 Å². The molecule has 1 aromatic carbocycles. The van der Waals surface area contributed by atoms with E-state index in [1.807, 2.05) is 0 Å². The number of carbonyl (C=O) groups excluding carboxylic acids is 1. The van der Waals surface area contributed by atoms with Crippen LogP contribution >= 0.6 is 0 Å². The van der Waals surface area contributed by atoms with E-state index in [1.54, 1.807) is 12.4 Å². The second kappa shape index (κ2) is 7.55. The number of anilines is 1. The molecular weight excluding hydrogens is 398 g/mol. The van der Waals surface area contributed by atoms with E-state index in [0.717, 1.165) is 57.8 Å². The van der Waals surface area contributed by atoms with Crippen molar-refractivity contribution in [2.75, 3.05) is 31.1 Å². The van der Waals surface area contributed by atoms with Crippen molar-refractivity contribution >= 4 is 11.6 Å². The number of rotatable bonds is 5. The summed E-state index contributed by atoms with van der Waals surface area (Å²) in [5.41, 5.74) is 2.37. The zero-order valence-corrected chi connectivity index (χ0v) is 17.8. The Morgan fingerprint density at radius 2 is 1.94 bits per heavy atom. The largest absolute Gasteiger partial charge is 0.368 e. The summed E-state index contributed by atoms with van der Waals surface area (Å²) in [5, 5.41) is 6.69. The summed E-state index contributed by atoms with van der Waals surface area (Å²) in [6, 6.07) is 3.46. The van der Waals surface area contributed by atoms with E-state index in [1.165, 1.54) is 12.1 Å². The van der Waals surface area contributed by atoms with Gasteiger partial charge in [0.15, 0.2) is 0 Å². The first kappa shape index (κ1) is 20.4. The lowest BCUT2D eigenvalue weighted by Crippen LogP contribution is -2.42. The van der Waals surface area contributed by atoms with Gasteiger partial charge in [0.25, 0.3) is 5.91 Å². The summed E-state index contributed by atoms with van der Waals surface area (Å²) in [5.74, 6) is -1.48. The SMILES string of the molecule is CC1(CNC(=O)c2cncc(-c3cc(F)cc(F)c3)c2N2CCC3(CCCN3)C2)CC1. The monoisotopic (exact) mass is 426 g/mol. The van der Waals surface area contributed by atoms with Crippen LogP contribution in [0.1, 0.15) is 49.4 Å². The molecule has 5 rings (SSSR count). The van der Waals surface area contributed by atoms with Crippen LogP contribution in [-0.4, -0.2) is 42.6 Å². The fraction of sp³-hybridized carbons (Fsp3) is 0.500. The Morgan fingerprint density at radius 1 is 1.16 bits per heavy atom. The van der Waals surface area contributed by atoms with Gasteiger partial charge in [0.1, 0.15) is 11.6 Å². The molecule has 3 aliphatic rings. The summed E-state index contributed by atoms with van der Waals surface area (Å²) < 4.78 is 28.0. The van der Waals surface area contributed by atoms with E-state index in [9.17, 15) is 13.6 Å². The van der Waals surface area contributed by atoms with Crippen LogP contribution in [0.15, 0.2) is 30.6 Å². The standard InChI is InChI=1S/C24H28F2N4O/c1-23(4-5-23)14-28-22(31)20-13-27-12-19(16-9-17(25)11-18(26)10-16)21(20)30-8-6-24(15-30)3-2-7-29-24/h9-13,29H,2-8,14-15H2,1H3,(H,28,31). The highest BCUT2D eigenvalue weighted by molar-refractivity contribution is 6.03. The number of halogens is 2. The Balaban J connectivity index is 1.55. The van der Waals surface area contributed by atoms with Gasteiger partial charge in [-0.2, -0.15) is 0 Å². The molecule has 0 bridgehead atoms. The van der Waals surface area contributed by atoms with Crippen LogP contribution < -0.4 is 15.5 Å². The quantitative estimate of drug-likeness (QED) is 0.762. The summed E-state index contributed by atoms with van der Waals surface area (Å²) in [7, 11) is 0. The van der Waals surface area contributed by atoms with Gasteiger partial charge in [-0.15, -0.1) is 0 Å². The maximum absolute atomic E-state index is 14.0. The van der Waals surface area contributed by atoms with Crippen LogP contribution in [0.2, 0.25) is 0 Å². The van der Waals surface area contributed by atoms with Gasteiger partial charge in [-0.25, -0.2) is 8.78 Å². The molecule has 3 fully saturated rings. The number of pyridine rings is 1. The first-order valence-electron chi connectivity index (χ1n) is 11.1. The second-order valence-corrected chi connectivity index (χ2v) is 9.72. The Bertz CT molecular complexity index is 994. The molecule has 2 aliphatic heterocycles. The van der Waals surface area contributed by atoms with Crippen molar-refractivity contribution in [3.8, 4) is 11.1 Å². The zero-order chi connectivity index (χ0) is 21.6. The number of benzene rings is 1. The Labute approximate surface area is 181 Å². The van der Waals surface area contributed by atoms with Crippen molar-refractivity contribution in [3.05, 3.63) is 47.8 Å². The molecule has 1 amide bonds. The minimum atomic E-state index is -0.646.